The van der Waals surface area contributed by atoms with Crippen LogP contribution < -0.4 is 10.6 Å². The molecular weight excluding hydrogens is 314 g/mol. The number of carbonyl (C=O) groups is 2. The van der Waals surface area contributed by atoms with E-state index in [2.05, 4.69) is 10.6 Å². The molecule has 0 saturated carbocycles. The van der Waals surface area contributed by atoms with Crippen LogP contribution in [0.4, 0.5) is 11.6 Å². The molecule has 0 radical (unpaired) electrons. The van der Waals surface area contributed by atoms with Gasteiger partial charge in [-0.3, -0.25) is 19.7 Å². The van der Waals surface area contributed by atoms with Crippen LogP contribution in [0.15, 0.2) is 40.8 Å². The topological polar surface area (TPSA) is 114 Å². The number of hydrogen-bond acceptors (Lipinski definition) is 5. The van der Waals surface area contributed by atoms with Gasteiger partial charge in [0.25, 0.3) is 11.8 Å². The van der Waals surface area contributed by atoms with Crippen molar-refractivity contribution in [2.45, 2.75) is 13.8 Å². The van der Waals surface area contributed by atoms with E-state index < -0.39 is 16.7 Å². The zero-order valence-electron chi connectivity index (χ0n) is 13.2. The molecule has 0 atom stereocenters. The van der Waals surface area contributed by atoms with Gasteiger partial charge in [-0.05, 0) is 30.2 Å². The molecule has 0 spiro atoms. The highest BCUT2D eigenvalue weighted by Gasteiger charge is 2.17. The SMILES string of the molecule is CC(C)CNC(=O)c1cccc(NC(=O)c2ccc([N+](=O)[O-])o2)c1. The summed E-state index contributed by atoms with van der Waals surface area (Å²) in [4.78, 5) is 33.9. The minimum absolute atomic E-state index is 0.184. The van der Waals surface area contributed by atoms with E-state index in [-0.39, 0.29) is 11.7 Å². The number of nitrogens with one attached hydrogen (secondary N) is 2. The first-order chi connectivity index (χ1) is 11.4. The van der Waals surface area contributed by atoms with Gasteiger partial charge in [0.15, 0.2) is 5.76 Å². The van der Waals surface area contributed by atoms with Crippen LogP contribution in [0.25, 0.3) is 0 Å². The number of carbonyl (C=O) groups excluding carboxylic acids is 2. The summed E-state index contributed by atoms with van der Waals surface area (Å²) in [5.74, 6) is -1.25. The Morgan fingerprint density at radius 2 is 1.96 bits per heavy atom. The molecule has 8 heteroatoms. The number of benzene rings is 1. The first kappa shape index (κ1) is 17.2. The Balaban J connectivity index is 2.06. The van der Waals surface area contributed by atoms with Gasteiger partial charge in [-0.1, -0.05) is 19.9 Å². The number of hydrogen-bond donors (Lipinski definition) is 2. The molecule has 2 N–H and O–H groups in total. The molecule has 0 unspecified atom stereocenters. The van der Waals surface area contributed by atoms with Gasteiger partial charge in [-0.2, -0.15) is 0 Å². The number of nitrogens with zero attached hydrogens (tertiary/aromatic N) is 1. The molecule has 1 aromatic heterocycles. The largest absolute Gasteiger partial charge is 0.433 e. The summed E-state index contributed by atoms with van der Waals surface area (Å²) in [5, 5.41) is 15.9. The highest BCUT2D eigenvalue weighted by Crippen LogP contribution is 2.18. The van der Waals surface area contributed by atoms with Gasteiger partial charge in [0, 0.05) is 17.8 Å². The van der Waals surface area contributed by atoms with Gasteiger partial charge in [0.1, 0.15) is 4.92 Å². The van der Waals surface area contributed by atoms with Crippen LogP contribution in [0.2, 0.25) is 0 Å². The lowest BCUT2D eigenvalue weighted by Crippen LogP contribution is -2.27. The Morgan fingerprint density at radius 3 is 2.58 bits per heavy atom. The van der Waals surface area contributed by atoms with Gasteiger partial charge in [-0.25, -0.2) is 0 Å². The van der Waals surface area contributed by atoms with Gasteiger partial charge in [0.05, 0.1) is 6.07 Å². The fourth-order valence-electron chi connectivity index (χ4n) is 1.88. The second-order valence-corrected chi connectivity index (χ2v) is 5.53. The average Bonchev–Trinajstić information content (AvgIpc) is 3.03. The molecule has 0 saturated heterocycles. The first-order valence-electron chi connectivity index (χ1n) is 7.30. The van der Waals surface area contributed by atoms with E-state index in [4.69, 9.17) is 4.42 Å². The minimum atomic E-state index is -0.726. The summed E-state index contributed by atoms with van der Waals surface area (Å²) in [7, 11) is 0. The van der Waals surface area contributed by atoms with Crippen LogP contribution in [0.5, 0.6) is 0 Å². The number of rotatable bonds is 6. The van der Waals surface area contributed by atoms with Crippen molar-refractivity contribution >= 4 is 23.4 Å². The van der Waals surface area contributed by atoms with E-state index in [0.717, 1.165) is 6.07 Å². The molecule has 0 aliphatic heterocycles. The molecule has 2 amide bonds. The van der Waals surface area contributed by atoms with Gasteiger partial charge >= 0.3 is 5.88 Å². The second kappa shape index (κ2) is 7.40. The Kier molecular flexibility index (Phi) is 5.31. The van der Waals surface area contributed by atoms with Crippen LogP contribution in [-0.2, 0) is 0 Å². The van der Waals surface area contributed by atoms with E-state index >= 15 is 0 Å². The van der Waals surface area contributed by atoms with E-state index in [0.29, 0.717) is 23.7 Å². The molecule has 1 heterocycles. The highest BCUT2D eigenvalue weighted by atomic mass is 16.6. The smallest absolute Gasteiger partial charge is 0.395 e. The van der Waals surface area contributed by atoms with Crippen molar-refractivity contribution in [2.75, 3.05) is 11.9 Å². The molecule has 0 fully saturated rings. The van der Waals surface area contributed by atoms with Crippen LogP contribution >= 0.6 is 0 Å². The van der Waals surface area contributed by atoms with E-state index in [9.17, 15) is 19.7 Å². The van der Waals surface area contributed by atoms with Crippen molar-refractivity contribution in [3.05, 3.63) is 57.8 Å². The lowest BCUT2D eigenvalue weighted by atomic mass is 10.1. The maximum Gasteiger partial charge on any atom is 0.433 e. The molecule has 0 aliphatic carbocycles. The molecule has 1 aromatic carbocycles. The maximum absolute atomic E-state index is 12.0. The van der Waals surface area contributed by atoms with E-state index in [1.807, 2.05) is 13.8 Å². The Morgan fingerprint density at radius 1 is 1.21 bits per heavy atom. The molecule has 8 nitrogen and oxygen atoms in total. The van der Waals surface area contributed by atoms with Crippen molar-refractivity contribution in [1.29, 1.82) is 0 Å². The third-order valence-electron chi connectivity index (χ3n) is 3.05. The Bertz CT molecular complexity index is 767. The lowest BCUT2D eigenvalue weighted by molar-refractivity contribution is -0.402. The van der Waals surface area contributed by atoms with Gasteiger partial charge < -0.3 is 15.1 Å². The quantitative estimate of drug-likeness (QED) is 0.624. The minimum Gasteiger partial charge on any atom is -0.395 e. The van der Waals surface area contributed by atoms with Crippen LogP contribution in [0.3, 0.4) is 0 Å². The van der Waals surface area contributed by atoms with Crippen molar-refractivity contribution < 1.29 is 18.9 Å². The fourth-order valence-corrected chi connectivity index (χ4v) is 1.88. The second-order valence-electron chi connectivity index (χ2n) is 5.53. The predicted octanol–water partition coefficient (Wildman–Crippen LogP) is 2.83. The first-order valence-corrected chi connectivity index (χ1v) is 7.30. The fraction of sp³-hybridized carbons (Fsp3) is 0.250. The van der Waals surface area contributed by atoms with Crippen molar-refractivity contribution in [2.24, 2.45) is 5.92 Å². The maximum atomic E-state index is 12.0. The average molecular weight is 331 g/mol. The monoisotopic (exact) mass is 331 g/mol. The van der Waals surface area contributed by atoms with E-state index in [1.54, 1.807) is 18.2 Å². The van der Waals surface area contributed by atoms with Crippen LogP contribution in [-0.4, -0.2) is 23.3 Å². The summed E-state index contributed by atoms with van der Waals surface area (Å²) in [6.07, 6.45) is 0. The summed E-state index contributed by atoms with van der Waals surface area (Å²) in [6, 6.07) is 8.70. The van der Waals surface area contributed by atoms with Gasteiger partial charge in [-0.15, -0.1) is 0 Å². The summed E-state index contributed by atoms with van der Waals surface area (Å²) >= 11 is 0. The van der Waals surface area contributed by atoms with Crippen molar-refractivity contribution in [1.82, 2.24) is 5.32 Å². The van der Waals surface area contributed by atoms with E-state index in [1.165, 1.54) is 12.1 Å². The Hall–Kier alpha value is -3.16. The number of furan rings is 1. The summed E-state index contributed by atoms with van der Waals surface area (Å²) < 4.78 is 4.83. The molecule has 2 aromatic rings. The standard InChI is InChI=1S/C16H17N3O5/c1-10(2)9-17-15(20)11-4-3-5-12(8-11)18-16(21)13-6-7-14(24-13)19(22)23/h3-8,10H,9H2,1-2H3,(H,17,20)(H,18,21). The Labute approximate surface area is 138 Å². The van der Waals surface area contributed by atoms with Crippen molar-refractivity contribution in [3.63, 3.8) is 0 Å². The molecule has 24 heavy (non-hydrogen) atoms. The highest BCUT2D eigenvalue weighted by molar-refractivity contribution is 6.03. The molecule has 126 valence electrons. The lowest BCUT2D eigenvalue weighted by Gasteiger charge is -2.09. The number of anilines is 1. The number of amides is 2. The van der Waals surface area contributed by atoms with Gasteiger partial charge in [0.2, 0.25) is 0 Å². The molecule has 0 bridgehead atoms. The molecule has 2 rings (SSSR count). The number of nitro groups is 1. The molecular formula is C16H17N3O5. The normalized spacial score (nSPS) is 10.5. The van der Waals surface area contributed by atoms with Crippen LogP contribution in [0.1, 0.15) is 34.8 Å². The zero-order valence-corrected chi connectivity index (χ0v) is 13.2. The van der Waals surface area contributed by atoms with Crippen molar-refractivity contribution in [3.8, 4) is 0 Å². The predicted molar refractivity (Wildman–Crippen MR) is 86.9 cm³/mol. The van der Waals surface area contributed by atoms with Crippen LogP contribution in [0, 0.1) is 16.0 Å². The summed E-state index contributed by atoms with van der Waals surface area (Å²) in [6.45, 7) is 4.52. The molecule has 0 aliphatic rings. The third kappa shape index (κ3) is 4.42. The zero-order chi connectivity index (χ0) is 17.7. The third-order valence-corrected chi connectivity index (χ3v) is 3.05. The summed E-state index contributed by atoms with van der Waals surface area (Å²) in [5.41, 5.74) is 0.787.